The van der Waals surface area contributed by atoms with Crippen LogP contribution in [0.4, 0.5) is 5.82 Å². The Balaban J connectivity index is 1.68. The van der Waals surface area contributed by atoms with E-state index < -0.39 is 0 Å². The molecule has 0 atom stereocenters. The fourth-order valence-electron chi connectivity index (χ4n) is 3.03. The summed E-state index contributed by atoms with van der Waals surface area (Å²) in [5, 5.41) is 9.34. The Morgan fingerprint density at radius 1 is 1.36 bits per heavy atom. The van der Waals surface area contributed by atoms with Crippen molar-refractivity contribution >= 4 is 23.5 Å². The maximum atomic E-state index is 12.5. The number of nitriles is 1. The second-order valence-corrected chi connectivity index (χ2v) is 7.16. The van der Waals surface area contributed by atoms with E-state index in [4.69, 9.17) is 0 Å². The van der Waals surface area contributed by atoms with Crippen LogP contribution in [0.2, 0.25) is 0 Å². The zero-order chi connectivity index (χ0) is 15.7. The van der Waals surface area contributed by atoms with Gasteiger partial charge in [0, 0.05) is 43.4 Å². The first-order valence-electron chi connectivity index (χ1n) is 7.60. The summed E-state index contributed by atoms with van der Waals surface area (Å²) >= 11 is 1.91. The van der Waals surface area contributed by atoms with Gasteiger partial charge < -0.3 is 9.80 Å². The first-order valence-corrected chi connectivity index (χ1v) is 8.75. The summed E-state index contributed by atoms with van der Waals surface area (Å²) in [7, 11) is 0. The van der Waals surface area contributed by atoms with Gasteiger partial charge >= 0.3 is 0 Å². The van der Waals surface area contributed by atoms with Gasteiger partial charge in [0.2, 0.25) is 5.91 Å². The topological polar surface area (TPSA) is 60.2 Å². The quantitative estimate of drug-likeness (QED) is 0.829. The van der Waals surface area contributed by atoms with Crippen LogP contribution in [0.1, 0.15) is 16.8 Å². The maximum absolute atomic E-state index is 12.5. The third kappa shape index (κ3) is 2.78. The summed E-state index contributed by atoms with van der Waals surface area (Å²) in [6, 6.07) is 4.17. The summed E-state index contributed by atoms with van der Waals surface area (Å²) in [5.74, 6) is 3.13. The van der Waals surface area contributed by atoms with Gasteiger partial charge in [0.25, 0.3) is 0 Å². The van der Waals surface area contributed by atoms with Gasteiger partial charge in [-0.15, -0.1) is 0 Å². The van der Waals surface area contributed by atoms with Gasteiger partial charge in [-0.1, -0.05) is 0 Å². The number of hydrogen-bond donors (Lipinski definition) is 0. The number of carbonyl (C=O) groups is 1. The van der Waals surface area contributed by atoms with E-state index in [-0.39, 0.29) is 11.8 Å². The van der Waals surface area contributed by atoms with Crippen molar-refractivity contribution in [3.05, 3.63) is 22.9 Å². The molecule has 5 nitrogen and oxygen atoms in total. The standard InChI is InChI=1S/C16H20N4OS/c1-11-7-12(2)18-15(14(11)8-17)20-9-13(10-20)16(21)19-3-5-22-6-4-19/h7,13H,3-6,9-10H2,1-2H3. The number of amides is 1. The zero-order valence-electron chi connectivity index (χ0n) is 13.0. The molecule has 0 N–H and O–H groups in total. The van der Waals surface area contributed by atoms with Gasteiger partial charge in [0.05, 0.1) is 11.5 Å². The molecule has 1 amide bonds. The molecule has 1 aromatic rings. The Morgan fingerprint density at radius 3 is 2.68 bits per heavy atom. The van der Waals surface area contributed by atoms with Crippen LogP contribution in [0, 0.1) is 31.1 Å². The van der Waals surface area contributed by atoms with Crippen LogP contribution in [-0.4, -0.2) is 53.5 Å². The van der Waals surface area contributed by atoms with E-state index in [0.29, 0.717) is 18.7 Å². The fraction of sp³-hybridized carbons (Fsp3) is 0.562. The van der Waals surface area contributed by atoms with E-state index in [0.717, 1.165) is 41.7 Å². The van der Waals surface area contributed by atoms with Gasteiger partial charge in [0.15, 0.2) is 0 Å². The third-order valence-electron chi connectivity index (χ3n) is 4.29. The highest BCUT2D eigenvalue weighted by atomic mass is 32.2. The number of hydrogen-bond acceptors (Lipinski definition) is 5. The summed E-state index contributed by atoms with van der Waals surface area (Å²) < 4.78 is 0. The monoisotopic (exact) mass is 316 g/mol. The van der Waals surface area contributed by atoms with Crippen LogP contribution in [0.5, 0.6) is 0 Å². The zero-order valence-corrected chi connectivity index (χ0v) is 13.8. The Labute approximate surface area is 135 Å². The summed E-state index contributed by atoms with van der Waals surface area (Å²) in [6.45, 7) is 6.95. The largest absolute Gasteiger partial charge is 0.354 e. The molecular weight excluding hydrogens is 296 g/mol. The molecule has 22 heavy (non-hydrogen) atoms. The lowest BCUT2D eigenvalue weighted by atomic mass is 9.97. The van der Waals surface area contributed by atoms with Crippen molar-refractivity contribution in [2.45, 2.75) is 13.8 Å². The predicted molar refractivity (Wildman–Crippen MR) is 88.0 cm³/mol. The maximum Gasteiger partial charge on any atom is 0.229 e. The number of aryl methyl sites for hydroxylation is 2. The normalized spacial score (nSPS) is 18.8. The number of carbonyl (C=O) groups excluding carboxylic acids is 1. The molecule has 6 heteroatoms. The number of nitrogens with zero attached hydrogens (tertiary/aromatic N) is 4. The molecule has 0 bridgehead atoms. The van der Waals surface area contributed by atoms with Crippen LogP contribution in [-0.2, 0) is 4.79 Å². The lowest BCUT2D eigenvalue weighted by Crippen LogP contribution is -2.56. The lowest BCUT2D eigenvalue weighted by Gasteiger charge is -2.42. The van der Waals surface area contributed by atoms with E-state index in [1.807, 2.05) is 36.6 Å². The summed E-state index contributed by atoms with van der Waals surface area (Å²) in [6.07, 6.45) is 0. The van der Waals surface area contributed by atoms with Crippen molar-refractivity contribution in [3.8, 4) is 6.07 Å². The number of aromatic nitrogens is 1. The molecule has 0 aliphatic carbocycles. The average molecular weight is 316 g/mol. The highest BCUT2D eigenvalue weighted by Gasteiger charge is 2.37. The van der Waals surface area contributed by atoms with E-state index >= 15 is 0 Å². The van der Waals surface area contributed by atoms with Crippen LogP contribution in [0.15, 0.2) is 6.07 Å². The van der Waals surface area contributed by atoms with Crippen LogP contribution in [0.3, 0.4) is 0 Å². The molecule has 2 aliphatic rings. The van der Waals surface area contributed by atoms with Crippen molar-refractivity contribution in [3.63, 3.8) is 0 Å². The molecule has 2 saturated heterocycles. The molecule has 3 rings (SSSR count). The van der Waals surface area contributed by atoms with Gasteiger partial charge in [-0.2, -0.15) is 17.0 Å². The second-order valence-electron chi connectivity index (χ2n) is 5.93. The highest BCUT2D eigenvalue weighted by Crippen LogP contribution is 2.29. The minimum absolute atomic E-state index is 0.0530. The SMILES string of the molecule is Cc1cc(C)c(C#N)c(N2CC(C(=O)N3CCSCC3)C2)n1. The van der Waals surface area contributed by atoms with Gasteiger partial charge in [-0.3, -0.25) is 4.79 Å². The van der Waals surface area contributed by atoms with E-state index in [1.54, 1.807) is 0 Å². The molecule has 3 heterocycles. The van der Waals surface area contributed by atoms with Crippen molar-refractivity contribution in [2.75, 3.05) is 42.6 Å². The second kappa shape index (κ2) is 6.17. The minimum Gasteiger partial charge on any atom is -0.354 e. The Morgan fingerprint density at radius 2 is 2.05 bits per heavy atom. The van der Waals surface area contributed by atoms with Gasteiger partial charge in [-0.05, 0) is 25.5 Å². The average Bonchev–Trinajstić information content (AvgIpc) is 2.46. The molecule has 0 unspecified atom stereocenters. The lowest BCUT2D eigenvalue weighted by molar-refractivity contribution is -0.135. The third-order valence-corrected chi connectivity index (χ3v) is 5.23. The molecule has 0 radical (unpaired) electrons. The highest BCUT2D eigenvalue weighted by molar-refractivity contribution is 7.99. The number of pyridine rings is 1. The van der Waals surface area contributed by atoms with E-state index in [2.05, 4.69) is 16.0 Å². The van der Waals surface area contributed by atoms with Crippen LogP contribution >= 0.6 is 11.8 Å². The molecule has 1 aromatic heterocycles. The summed E-state index contributed by atoms with van der Waals surface area (Å²) in [4.78, 5) is 21.0. The smallest absolute Gasteiger partial charge is 0.229 e. The number of thioether (sulfide) groups is 1. The van der Waals surface area contributed by atoms with Crippen LogP contribution in [0.25, 0.3) is 0 Å². The summed E-state index contributed by atoms with van der Waals surface area (Å²) in [5.41, 5.74) is 2.49. The van der Waals surface area contributed by atoms with Crippen molar-refractivity contribution < 1.29 is 4.79 Å². The fourth-order valence-corrected chi connectivity index (χ4v) is 3.94. The van der Waals surface area contributed by atoms with Gasteiger partial charge in [-0.25, -0.2) is 4.98 Å². The molecule has 0 spiro atoms. The van der Waals surface area contributed by atoms with Crippen molar-refractivity contribution in [1.82, 2.24) is 9.88 Å². The Kier molecular flexibility index (Phi) is 4.25. The first-order chi connectivity index (χ1) is 10.6. The predicted octanol–water partition coefficient (Wildman–Crippen LogP) is 1.58. The number of anilines is 1. The molecule has 2 fully saturated rings. The Bertz CT molecular complexity index is 628. The van der Waals surface area contributed by atoms with Crippen molar-refractivity contribution in [1.29, 1.82) is 5.26 Å². The molecule has 2 aliphatic heterocycles. The minimum atomic E-state index is 0.0530. The van der Waals surface area contributed by atoms with Crippen LogP contribution < -0.4 is 4.90 Å². The Hall–Kier alpha value is -1.74. The molecular formula is C16H20N4OS. The molecule has 116 valence electrons. The van der Waals surface area contributed by atoms with Crippen molar-refractivity contribution in [2.24, 2.45) is 5.92 Å². The van der Waals surface area contributed by atoms with E-state index in [1.165, 1.54) is 0 Å². The molecule has 0 aromatic carbocycles. The number of rotatable bonds is 2. The van der Waals surface area contributed by atoms with Gasteiger partial charge in [0.1, 0.15) is 11.9 Å². The van der Waals surface area contributed by atoms with E-state index in [9.17, 15) is 10.1 Å². The first kappa shape index (κ1) is 15.2. The molecule has 0 saturated carbocycles.